The molecule has 0 heterocycles. The van der Waals surface area contributed by atoms with E-state index in [1.807, 2.05) is 56.3 Å². The number of ether oxygens (including phenoxy) is 1. The number of amides is 1. The van der Waals surface area contributed by atoms with Gasteiger partial charge in [-0.15, -0.1) is 0 Å². The Morgan fingerprint density at radius 2 is 1.68 bits per heavy atom. The lowest BCUT2D eigenvalue weighted by Crippen LogP contribution is -2.12. The predicted octanol–water partition coefficient (Wildman–Crippen LogP) is 3.56. The molecule has 0 saturated carbocycles. The van der Waals surface area contributed by atoms with Gasteiger partial charge in [0.15, 0.2) is 0 Å². The molecule has 0 aromatic heterocycles. The van der Waals surface area contributed by atoms with Crippen molar-refractivity contribution in [2.75, 3.05) is 12.4 Å². The van der Waals surface area contributed by atoms with Crippen molar-refractivity contribution in [2.45, 2.75) is 13.8 Å². The van der Waals surface area contributed by atoms with Gasteiger partial charge >= 0.3 is 0 Å². The van der Waals surface area contributed by atoms with Crippen LogP contribution in [0.25, 0.3) is 0 Å². The number of carbonyl (C=O) groups is 1. The van der Waals surface area contributed by atoms with E-state index in [0.29, 0.717) is 5.56 Å². The highest BCUT2D eigenvalue weighted by Crippen LogP contribution is 2.16. The highest BCUT2D eigenvalue weighted by molar-refractivity contribution is 6.04. The first kappa shape index (κ1) is 13.1. The maximum atomic E-state index is 12.1. The third-order valence-corrected chi connectivity index (χ3v) is 3.12. The molecule has 0 unspecified atom stereocenters. The zero-order valence-electron chi connectivity index (χ0n) is 11.4. The maximum absolute atomic E-state index is 12.1. The van der Waals surface area contributed by atoms with E-state index in [1.165, 1.54) is 5.56 Å². The number of nitrogens with one attached hydrogen (secondary N) is 1. The van der Waals surface area contributed by atoms with E-state index in [2.05, 4.69) is 5.32 Å². The minimum atomic E-state index is -0.103. The van der Waals surface area contributed by atoms with Crippen molar-refractivity contribution in [2.24, 2.45) is 0 Å². The second-order valence-electron chi connectivity index (χ2n) is 4.48. The molecule has 0 spiro atoms. The van der Waals surface area contributed by atoms with Crippen molar-refractivity contribution in [3.8, 4) is 5.75 Å². The summed E-state index contributed by atoms with van der Waals surface area (Å²) in [7, 11) is 1.61. The summed E-state index contributed by atoms with van der Waals surface area (Å²) < 4.78 is 5.07. The van der Waals surface area contributed by atoms with E-state index in [4.69, 9.17) is 4.74 Å². The van der Waals surface area contributed by atoms with Gasteiger partial charge in [0.1, 0.15) is 5.75 Å². The van der Waals surface area contributed by atoms with Gasteiger partial charge < -0.3 is 10.1 Å². The van der Waals surface area contributed by atoms with E-state index < -0.39 is 0 Å². The van der Waals surface area contributed by atoms with Gasteiger partial charge in [0, 0.05) is 11.3 Å². The van der Waals surface area contributed by atoms with E-state index in [-0.39, 0.29) is 5.91 Å². The highest BCUT2D eigenvalue weighted by Gasteiger charge is 2.07. The Labute approximate surface area is 113 Å². The van der Waals surface area contributed by atoms with Crippen LogP contribution in [0.15, 0.2) is 42.5 Å². The van der Waals surface area contributed by atoms with E-state index in [1.54, 1.807) is 7.11 Å². The van der Waals surface area contributed by atoms with Crippen LogP contribution >= 0.6 is 0 Å². The number of aryl methyl sites for hydroxylation is 2. The molecule has 19 heavy (non-hydrogen) atoms. The third kappa shape index (κ3) is 3.13. The van der Waals surface area contributed by atoms with Gasteiger partial charge in [0.25, 0.3) is 5.91 Å². The van der Waals surface area contributed by atoms with Crippen LogP contribution in [0.2, 0.25) is 0 Å². The number of rotatable bonds is 3. The van der Waals surface area contributed by atoms with Crippen LogP contribution < -0.4 is 10.1 Å². The lowest BCUT2D eigenvalue weighted by atomic mass is 10.1. The zero-order chi connectivity index (χ0) is 13.8. The molecule has 0 aliphatic heterocycles. The normalized spacial score (nSPS) is 10.1. The number of anilines is 1. The number of hydrogen-bond donors (Lipinski definition) is 1. The Balaban J connectivity index is 2.13. The summed E-state index contributed by atoms with van der Waals surface area (Å²) in [6.07, 6.45) is 0. The SMILES string of the molecule is COc1ccc(NC(=O)c2ccc(C)c(C)c2)cc1. The predicted molar refractivity (Wildman–Crippen MR) is 76.9 cm³/mol. The summed E-state index contributed by atoms with van der Waals surface area (Å²) in [6, 6.07) is 13.0. The van der Waals surface area contributed by atoms with Crippen molar-refractivity contribution >= 4 is 11.6 Å². The summed E-state index contributed by atoms with van der Waals surface area (Å²) in [5, 5.41) is 2.86. The molecule has 1 amide bonds. The van der Waals surface area contributed by atoms with Gasteiger partial charge in [0.2, 0.25) is 0 Å². The lowest BCUT2D eigenvalue weighted by Gasteiger charge is -2.08. The molecule has 0 radical (unpaired) electrons. The Bertz CT molecular complexity index is 588. The molecule has 2 aromatic rings. The second kappa shape index (κ2) is 5.57. The molecule has 3 heteroatoms. The first-order valence-electron chi connectivity index (χ1n) is 6.13. The minimum absolute atomic E-state index is 0.103. The molecule has 0 saturated heterocycles. The van der Waals surface area contributed by atoms with Gasteiger partial charge in [-0.25, -0.2) is 0 Å². The van der Waals surface area contributed by atoms with Crippen LogP contribution in [0, 0.1) is 13.8 Å². The molecule has 2 aromatic carbocycles. The summed E-state index contributed by atoms with van der Waals surface area (Å²) in [6.45, 7) is 4.03. The van der Waals surface area contributed by atoms with Crippen LogP contribution in [-0.4, -0.2) is 13.0 Å². The Hall–Kier alpha value is -2.29. The number of carbonyl (C=O) groups excluding carboxylic acids is 1. The molecular weight excluding hydrogens is 238 g/mol. The molecule has 0 aliphatic rings. The summed E-state index contributed by atoms with van der Waals surface area (Å²) >= 11 is 0. The maximum Gasteiger partial charge on any atom is 0.255 e. The quantitative estimate of drug-likeness (QED) is 0.910. The molecule has 0 aliphatic carbocycles. The molecule has 1 N–H and O–H groups in total. The fraction of sp³-hybridized carbons (Fsp3) is 0.188. The molecule has 0 bridgehead atoms. The monoisotopic (exact) mass is 255 g/mol. The molecule has 98 valence electrons. The first-order chi connectivity index (χ1) is 9.10. The topological polar surface area (TPSA) is 38.3 Å². The average Bonchev–Trinajstić information content (AvgIpc) is 2.42. The standard InChI is InChI=1S/C16H17NO2/c1-11-4-5-13(10-12(11)2)16(18)17-14-6-8-15(19-3)9-7-14/h4-10H,1-3H3,(H,17,18). The fourth-order valence-corrected chi connectivity index (χ4v) is 1.76. The number of hydrogen-bond acceptors (Lipinski definition) is 2. The van der Waals surface area contributed by atoms with Crippen molar-refractivity contribution in [3.63, 3.8) is 0 Å². The van der Waals surface area contributed by atoms with Crippen LogP contribution in [0.3, 0.4) is 0 Å². The lowest BCUT2D eigenvalue weighted by molar-refractivity contribution is 0.102. The molecule has 0 fully saturated rings. The van der Waals surface area contributed by atoms with Gasteiger partial charge in [-0.2, -0.15) is 0 Å². The highest BCUT2D eigenvalue weighted by atomic mass is 16.5. The van der Waals surface area contributed by atoms with Gasteiger partial charge in [-0.1, -0.05) is 6.07 Å². The van der Waals surface area contributed by atoms with Crippen molar-refractivity contribution in [1.82, 2.24) is 0 Å². The van der Waals surface area contributed by atoms with Crippen molar-refractivity contribution < 1.29 is 9.53 Å². The van der Waals surface area contributed by atoms with E-state index in [9.17, 15) is 4.79 Å². The van der Waals surface area contributed by atoms with Crippen molar-refractivity contribution in [3.05, 3.63) is 59.2 Å². The summed E-state index contributed by atoms with van der Waals surface area (Å²) in [5.41, 5.74) is 3.71. The fourth-order valence-electron chi connectivity index (χ4n) is 1.76. The number of methoxy groups -OCH3 is 1. The van der Waals surface area contributed by atoms with Crippen LogP contribution in [0.1, 0.15) is 21.5 Å². The second-order valence-corrected chi connectivity index (χ2v) is 4.48. The Kier molecular flexibility index (Phi) is 3.85. The van der Waals surface area contributed by atoms with Gasteiger partial charge in [-0.05, 0) is 61.4 Å². The molecule has 3 nitrogen and oxygen atoms in total. The average molecular weight is 255 g/mol. The van der Waals surface area contributed by atoms with E-state index in [0.717, 1.165) is 17.0 Å². The minimum Gasteiger partial charge on any atom is -0.497 e. The van der Waals surface area contributed by atoms with Crippen LogP contribution in [-0.2, 0) is 0 Å². The largest absolute Gasteiger partial charge is 0.497 e. The van der Waals surface area contributed by atoms with Gasteiger partial charge in [0.05, 0.1) is 7.11 Å². The Morgan fingerprint density at radius 1 is 1.00 bits per heavy atom. The summed E-state index contributed by atoms with van der Waals surface area (Å²) in [5.74, 6) is 0.664. The first-order valence-corrected chi connectivity index (χ1v) is 6.13. The molecule has 0 atom stereocenters. The molecule has 2 rings (SSSR count). The van der Waals surface area contributed by atoms with E-state index >= 15 is 0 Å². The summed E-state index contributed by atoms with van der Waals surface area (Å²) in [4.78, 5) is 12.1. The van der Waals surface area contributed by atoms with Gasteiger partial charge in [-0.3, -0.25) is 4.79 Å². The zero-order valence-corrected chi connectivity index (χ0v) is 11.4. The van der Waals surface area contributed by atoms with Crippen molar-refractivity contribution in [1.29, 1.82) is 0 Å². The number of benzene rings is 2. The molecular formula is C16H17NO2. The Morgan fingerprint density at radius 3 is 2.26 bits per heavy atom. The smallest absolute Gasteiger partial charge is 0.255 e. The van der Waals surface area contributed by atoms with Crippen LogP contribution in [0.4, 0.5) is 5.69 Å². The third-order valence-electron chi connectivity index (χ3n) is 3.12. The van der Waals surface area contributed by atoms with Crippen LogP contribution in [0.5, 0.6) is 5.75 Å².